The third-order valence-electron chi connectivity index (χ3n) is 6.98. The largest absolute Gasteiger partial charge is 0.480 e. The number of ketones is 1. The van der Waals surface area contributed by atoms with Gasteiger partial charge in [0.1, 0.15) is 24.1 Å². The maximum Gasteiger partial charge on any atom is 0.326 e. The van der Waals surface area contributed by atoms with Crippen LogP contribution >= 0.6 is 0 Å². The van der Waals surface area contributed by atoms with Gasteiger partial charge in [-0.05, 0) is 55.4 Å². The number of piperidine rings is 1. The average molecular weight is 447 g/mol. The Hall–Kier alpha value is -3.62. The van der Waals surface area contributed by atoms with Crippen molar-refractivity contribution >= 4 is 28.6 Å². The summed E-state index contributed by atoms with van der Waals surface area (Å²) in [5, 5.41) is 14.8. The number of amides is 1. The Labute approximate surface area is 190 Å². The first-order valence-electron chi connectivity index (χ1n) is 10.9. The maximum atomic E-state index is 13.3. The van der Waals surface area contributed by atoms with Crippen LogP contribution in [0.2, 0.25) is 0 Å². The minimum Gasteiger partial charge on any atom is -0.480 e. The molecule has 0 spiro atoms. The second-order valence-electron chi connectivity index (χ2n) is 9.50. The van der Waals surface area contributed by atoms with Crippen LogP contribution in [-0.4, -0.2) is 59.5 Å². The van der Waals surface area contributed by atoms with Gasteiger partial charge in [0.05, 0.1) is 5.52 Å². The van der Waals surface area contributed by atoms with Crippen LogP contribution in [0.3, 0.4) is 0 Å². The van der Waals surface area contributed by atoms with Gasteiger partial charge in [-0.1, -0.05) is 6.92 Å². The van der Waals surface area contributed by atoms with E-state index in [1.807, 2.05) is 32.9 Å². The number of carboxylic acids is 1. The van der Waals surface area contributed by atoms with Gasteiger partial charge in [0.2, 0.25) is 5.91 Å². The van der Waals surface area contributed by atoms with Crippen LogP contribution in [0, 0.1) is 19.3 Å². The van der Waals surface area contributed by atoms with E-state index in [9.17, 15) is 19.5 Å². The molecular formula is C24H25N5O4. The van der Waals surface area contributed by atoms with Gasteiger partial charge in [0, 0.05) is 36.3 Å². The number of benzene rings is 1. The zero-order valence-electron chi connectivity index (χ0n) is 19.0. The molecule has 1 N–H and O–H groups in total. The third-order valence-corrected chi connectivity index (χ3v) is 6.98. The number of carbonyl (C=O) groups is 3. The van der Waals surface area contributed by atoms with Gasteiger partial charge in [-0.3, -0.25) is 14.3 Å². The highest BCUT2D eigenvalue weighted by molar-refractivity contribution is 6.07. The SMILES string of the molecule is CC(=O)c1nn(CC(=O)N2C3C[C@]3(C)C[C@H]2C(=O)O)c2c(C)cc(-c3cnc(C)nc3)cc12. The number of nitrogens with zero attached hydrogens (tertiary/aromatic N) is 5. The predicted molar refractivity (Wildman–Crippen MR) is 120 cm³/mol. The first kappa shape index (κ1) is 21.2. The molecule has 3 aromatic rings. The zero-order chi connectivity index (χ0) is 23.7. The minimum absolute atomic E-state index is 0.0468. The standard InChI is InChI=1S/C24H25N5O4/c1-12-5-15(16-9-25-14(3)26-10-16)6-17-21(13(2)30)27-28(22(12)17)11-20(31)29-18(23(32)33)7-24(4)8-19(24)29/h5-6,9-10,18-19H,7-8,11H2,1-4H3,(H,32,33)/t18-,19?,24-/m0/s1. The molecule has 0 bridgehead atoms. The van der Waals surface area contributed by atoms with E-state index in [1.54, 1.807) is 12.4 Å². The van der Waals surface area contributed by atoms with Crippen molar-refractivity contribution in [1.29, 1.82) is 0 Å². The number of carbonyl (C=O) groups excluding carboxylic acids is 2. The summed E-state index contributed by atoms with van der Waals surface area (Å²) in [6.45, 7) is 7.07. The molecule has 1 unspecified atom stereocenters. The summed E-state index contributed by atoms with van der Waals surface area (Å²) in [5.41, 5.74) is 3.38. The normalized spacial score (nSPS) is 23.6. The van der Waals surface area contributed by atoms with Crippen LogP contribution in [0.5, 0.6) is 0 Å². The van der Waals surface area contributed by atoms with Gasteiger partial charge in [-0.15, -0.1) is 0 Å². The maximum absolute atomic E-state index is 13.3. The van der Waals surface area contributed by atoms with Crippen LogP contribution in [0.1, 0.15) is 48.6 Å². The fraction of sp³-hybridized carbons (Fsp3) is 0.417. The Kier molecular flexibility index (Phi) is 4.63. The van der Waals surface area contributed by atoms with Crippen molar-refractivity contribution < 1.29 is 19.5 Å². The van der Waals surface area contributed by atoms with E-state index < -0.39 is 12.0 Å². The quantitative estimate of drug-likeness (QED) is 0.598. The molecule has 9 heteroatoms. The molecule has 9 nitrogen and oxygen atoms in total. The van der Waals surface area contributed by atoms with Crippen LogP contribution in [0.25, 0.3) is 22.0 Å². The molecule has 5 rings (SSSR count). The topological polar surface area (TPSA) is 118 Å². The molecule has 1 aliphatic carbocycles. The molecule has 1 aromatic carbocycles. The average Bonchev–Trinajstić information content (AvgIpc) is 3.11. The lowest BCUT2D eigenvalue weighted by molar-refractivity contribution is -0.149. The Balaban J connectivity index is 1.55. The minimum atomic E-state index is -0.979. The molecule has 0 radical (unpaired) electrons. The van der Waals surface area contributed by atoms with Crippen LogP contribution in [0.4, 0.5) is 0 Å². The number of aliphatic carboxylic acids is 1. The summed E-state index contributed by atoms with van der Waals surface area (Å²) >= 11 is 0. The molecule has 1 saturated carbocycles. The van der Waals surface area contributed by atoms with E-state index in [0.29, 0.717) is 23.1 Å². The van der Waals surface area contributed by atoms with Crippen molar-refractivity contribution in [2.24, 2.45) is 5.41 Å². The number of Topliss-reactive ketones (excluding diaryl/α,β-unsaturated/α-hetero) is 1. The lowest BCUT2D eigenvalue weighted by Gasteiger charge is -2.24. The van der Waals surface area contributed by atoms with Gasteiger partial charge < -0.3 is 10.0 Å². The first-order chi connectivity index (χ1) is 15.6. The van der Waals surface area contributed by atoms with Crippen LogP contribution < -0.4 is 0 Å². The van der Waals surface area contributed by atoms with Crippen molar-refractivity contribution in [2.45, 2.75) is 59.2 Å². The van der Waals surface area contributed by atoms with E-state index in [0.717, 1.165) is 23.1 Å². The van der Waals surface area contributed by atoms with Crippen LogP contribution in [0.15, 0.2) is 24.5 Å². The summed E-state index contributed by atoms with van der Waals surface area (Å²) in [6.07, 6.45) is 4.76. The van der Waals surface area contributed by atoms with E-state index in [-0.39, 0.29) is 35.4 Å². The fourth-order valence-corrected chi connectivity index (χ4v) is 5.17. The zero-order valence-corrected chi connectivity index (χ0v) is 19.0. The van der Waals surface area contributed by atoms with Gasteiger partial charge in [-0.25, -0.2) is 14.8 Å². The lowest BCUT2D eigenvalue weighted by atomic mass is 10.0. The highest BCUT2D eigenvalue weighted by Gasteiger charge is 2.64. The van der Waals surface area contributed by atoms with Gasteiger partial charge in [-0.2, -0.15) is 5.10 Å². The van der Waals surface area contributed by atoms with Crippen molar-refractivity contribution in [1.82, 2.24) is 24.6 Å². The molecule has 3 atom stereocenters. The van der Waals surface area contributed by atoms with E-state index >= 15 is 0 Å². The molecule has 2 aromatic heterocycles. The monoisotopic (exact) mass is 447 g/mol. The molecule has 3 heterocycles. The number of hydrogen-bond donors (Lipinski definition) is 1. The van der Waals surface area contributed by atoms with E-state index in [4.69, 9.17) is 0 Å². The van der Waals surface area contributed by atoms with Crippen molar-refractivity contribution in [3.8, 4) is 11.1 Å². The fourth-order valence-electron chi connectivity index (χ4n) is 5.17. The number of aromatic nitrogens is 4. The lowest BCUT2D eigenvalue weighted by Crippen LogP contribution is -2.44. The van der Waals surface area contributed by atoms with E-state index in [2.05, 4.69) is 15.1 Å². The summed E-state index contributed by atoms with van der Waals surface area (Å²) in [6, 6.07) is 2.96. The van der Waals surface area contributed by atoms with Crippen molar-refractivity contribution in [3.63, 3.8) is 0 Å². The summed E-state index contributed by atoms with van der Waals surface area (Å²) in [7, 11) is 0. The van der Waals surface area contributed by atoms with Gasteiger partial charge >= 0.3 is 5.97 Å². The Bertz CT molecular complexity index is 1330. The van der Waals surface area contributed by atoms with Crippen LogP contribution in [-0.2, 0) is 16.1 Å². The molecule has 2 aliphatic rings. The second-order valence-corrected chi connectivity index (χ2v) is 9.50. The molecule has 170 valence electrons. The number of rotatable bonds is 5. The van der Waals surface area contributed by atoms with Gasteiger partial charge in [0.25, 0.3) is 0 Å². The molecule has 1 saturated heterocycles. The predicted octanol–water partition coefficient (Wildman–Crippen LogP) is 2.78. The van der Waals surface area contributed by atoms with E-state index in [1.165, 1.54) is 16.5 Å². The Morgan fingerprint density at radius 3 is 2.45 bits per heavy atom. The first-order valence-corrected chi connectivity index (χ1v) is 10.9. The van der Waals surface area contributed by atoms with Gasteiger partial charge in [0.15, 0.2) is 5.78 Å². The summed E-state index contributed by atoms with van der Waals surface area (Å²) in [4.78, 5) is 47.4. The summed E-state index contributed by atoms with van der Waals surface area (Å²) in [5.74, 6) is -0.806. The Morgan fingerprint density at radius 1 is 1.12 bits per heavy atom. The highest BCUT2D eigenvalue weighted by Crippen LogP contribution is 2.59. The number of aryl methyl sites for hydroxylation is 2. The highest BCUT2D eigenvalue weighted by atomic mass is 16.4. The van der Waals surface area contributed by atoms with Crippen molar-refractivity contribution in [2.75, 3.05) is 0 Å². The molecule has 33 heavy (non-hydrogen) atoms. The molecule has 1 amide bonds. The number of likely N-dealkylation sites (tertiary alicyclic amines) is 1. The molecule has 2 fully saturated rings. The third kappa shape index (κ3) is 3.39. The Morgan fingerprint density at radius 2 is 1.82 bits per heavy atom. The smallest absolute Gasteiger partial charge is 0.326 e. The summed E-state index contributed by atoms with van der Waals surface area (Å²) < 4.78 is 1.54. The number of hydrogen-bond acceptors (Lipinski definition) is 6. The number of fused-ring (bicyclic) bond motifs is 2. The number of carboxylic acid groups (broad SMARTS) is 1. The molecule has 1 aliphatic heterocycles. The second kappa shape index (κ2) is 7.19. The van der Waals surface area contributed by atoms with Crippen molar-refractivity contribution in [3.05, 3.63) is 41.6 Å². The molecular weight excluding hydrogens is 422 g/mol.